The fraction of sp³-hybridized carbons (Fsp3) is 0.188. The van der Waals surface area contributed by atoms with Crippen molar-refractivity contribution in [3.8, 4) is 0 Å². The molecule has 0 heterocycles. The molecule has 0 aromatic heterocycles. The predicted molar refractivity (Wildman–Crippen MR) is 73.3 cm³/mol. The summed E-state index contributed by atoms with van der Waals surface area (Å²) in [5.41, 5.74) is 9.04. The van der Waals surface area contributed by atoms with Gasteiger partial charge in [-0.2, -0.15) is 0 Å². The molecule has 0 aliphatic rings. The zero-order valence-electron chi connectivity index (χ0n) is 10.5. The first-order valence-corrected chi connectivity index (χ1v) is 6.06. The Balaban J connectivity index is 2.12. The van der Waals surface area contributed by atoms with Crippen molar-refractivity contribution >= 4 is 5.78 Å². The molecule has 2 N–H and O–H groups in total. The minimum Gasteiger partial charge on any atom is -0.318 e. The Morgan fingerprint density at radius 3 is 2.33 bits per heavy atom. The summed E-state index contributed by atoms with van der Waals surface area (Å²) >= 11 is 0. The molecule has 0 amide bonds. The number of carbonyl (C=O) groups excluding carboxylic acids is 1. The molecule has 18 heavy (non-hydrogen) atoms. The van der Waals surface area contributed by atoms with Gasteiger partial charge in [-0.25, -0.2) is 0 Å². The zero-order chi connectivity index (χ0) is 13.0. The monoisotopic (exact) mass is 239 g/mol. The van der Waals surface area contributed by atoms with Crippen LogP contribution in [-0.2, 0) is 11.2 Å². The van der Waals surface area contributed by atoms with Crippen molar-refractivity contribution in [2.75, 3.05) is 0 Å². The molecule has 92 valence electrons. The van der Waals surface area contributed by atoms with Gasteiger partial charge in [0.05, 0.1) is 6.04 Å². The lowest BCUT2D eigenvalue weighted by Crippen LogP contribution is -2.23. The molecule has 0 aliphatic heterocycles. The number of benzene rings is 2. The third kappa shape index (κ3) is 2.84. The highest BCUT2D eigenvalue weighted by Gasteiger charge is 2.16. The third-order valence-electron chi connectivity index (χ3n) is 3.13. The summed E-state index contributed by atoms with van der Waals surface area (Å²) in [6.07, 6.45) is 0.392. The second-order valence-electron chi connectivity index (χ2n) is 4.46. The first-order valence-electron chi connectivity index (χ1n) is 6.06. The summed E-state index contributed by atoms with van der Waals surface area (Å²) in [6, 6.07) is 16.9. The van der Waals surface area contributed by atoms with Gasteiger partial charge >= 0.3 is 0 Å². The molecule has 2 heteroatoms. The molecule has 2 aromatic rings. The van der Waals surface area contributed by atoms with E-state index in [9.17, 15) is 4.79 Å². The Hall–Kier alpha value is -1.93. The van der Waals surface area contributed by atoms with E-state index in [1.807, 2.05) is 61.5 Å². The Kier molecular flexibility index (Phi) is 3.90. The lowest BCUT2D eigenvalue weighted by molar-refractivity contribution is -0.119. The first kappa shape index (κ1) is 12.5. The van der Waals surface area contributed by atoms with Gasteiger partial charge in [-0.05, 0) is 23.6 Å². The van der Waals surface area contributed by atoms with E-state index in [2.05, 4.69) is 0 Å². The molecule has 0 spiro atoms. The number of nitrogens with two attached hydrogens (primary N) is 1. The van der Waals surface area contributed by atoms with Crippen molar-refractivity contribution in [2.45, 2.75) is 19.4 Å². The van der Waals surface area contributed by atoms with Crippen molar-refractivity contribution in [2.24, 2.45) is 5.73 Å². The number of ketones is 1. The standard InChI is InChI=1S/C16H17NO/c1-12-7-5-6-10-14(12)11-15(18)16(17)13-8-3-2-4-9-13/h2-10,16H,11,17H2,1H3. The Morgan fingerprint density at radius 1 is 1.06 bits per heavy atom. The van der Waals surface area contributed by atoms with Gasteiger partial charge in [0.25, 0.3) is 0 Å². The quantitative estimate of drug-likeness (QED) is 0.891. The van der Waals surface area contributed by atoms with Crippen LogP contribution in [0.1, 0.15) is 22.7 Å². The minimum absolute atomic E-state index is 0.0514. The van der Waals surface area contributed by atoms with Crippen molar-refractivity contribution < 1.29 is 4.79 Å². The summed E-state index contributed by atoms with van der Waals surface area (Å²) in [4.78, 5) is 12.1. The molecule has 0 aliphatic carbocycles. The Bertz CT molecular complexity index is 534. The molecule has 0 saturated heterocycles. The number of Topliss-reactive ketones (excluding diaryl/α,β-unsaturated/α-hetero) is 1. The third-order valence-corrected chi connectivity index (χ3v) is 3.13. The van der Waals surface area contributed by atoms with Gasteiger partial charge in [-0.1, -0.05) is 54.6 Å². The molecular formula is C16H17NO. The summed E-state index contributed by atoms with van der Waals surface area (Å²) in [7, 11) is 0. The average Bonchev–Trinajstić information content (AvgIpc) is 2.41. The van der Waals surface area contributed by atoms with E-state index >= 15 is 0 Å². The number of hydrogen-bond acceptors (Lipinski definition) is 2. The summed E-state index contributed by atoms with van der Waals surface area (Å²) in [6.45, 7) is 2.01. The van der Waals surface area contributed by atoms with Crippen molar-refractivity contribution in [3.63, 3.8) is 0 Å². The number of aryl methyl sites for hydroxylation is 1. The molecule has 0 saturated carbocycles. The van der Waals surface area contributed by atoms with Crippen LogP contribution in [0.4, 0.5) is 0 Å². The molecule has 1 unspecified atom stereocenters. The molecule has 0 radical (unpaired) electrons. The topological polar surface area (TPSA) is 43.1 Å². The Morgan fingerprint density at radius 2 is 1.67 bits per heavy atom. The lowest BCUT2D eigenvalue weighted by atomic mass is 9.96. The van der Waals surface area contributed by atoms with Gasteiger partial charge in [0.15, 0.2) is 5.78 Å². The van der Waals surface area contributed by atoms with E-state index in [-0.39, 0.29) is 5.78 Å². The van der Waals surface area contributed by atoms with E-state index in [0.29, 0.717) is 6.42 Å². The van der Waals surface area contributed by atoms with Crippen LogP contribution in [0.3, 0.4) is 0 Å². The molecule has 0 fully saturated rings. The molecule has 2 aromatic carbocycles. The number of carbonyl (C=O) groups is 1. The largest absolute Gasteiger partial charge is 0.318 e. The maximum atomic E-state index is 12.1. The maximum absolute atomic E-state index is 12.1. The smallest absolute Gasteiger partial charge is 0.158 e. The summed E-state index contributed by atoms with van der Waals surface area (Å²) in [5.74, 6) is 0.0514. The molecule has 2 rings (SSSR count). The van der Waals surface area contributed by atoms with Crippen LogP contribution in [0.15, 0.2) is 54.6 Å². The predicted octanol–water partition coefficient (Wildman–Crippen LogP) is 2.81. The van der Waals surface area contributed by atoms with Gasteiger partial charge in [0, 0.05) is 6.42 Å². The first-order chi connectivity index (χ1) is 8.68. The van der Waals surface area contributed by atoms with Gasteiger partial charge in [-0.15, -0.1) is 0 Å². The molecule has 1 atom stereocenters. The second kappa shape index (κ2) is 5.61. The average molecular weight is 239 g/mol. The second-order valence-corrected chi connectivity index (χ2v) is 4.46. The van der Waals surface area contributed by atoms with E-state index in [1.54, 1.807) is 0 Å². The molecule has 2 nitrogen and oxygen atoms in total. The fourth-order valence-corrected chi connectivity index (χ4v) is 1.95. The van der Waals surface area contributed by atoms with E-state index in [4.69, 9.17) is 5.73 Å². The normalized spacial score (nSPS) is 12.1. The highest BCUT2D eigenvalue weighted by atomic mass is 16.1. The van der Waals surface area contributed by atoms with Gasteiger partial charge in [-0.3, -0.25) is 4.79 Å². The number of rotatable bonds is 4. The van der Waals surface area contributed by atoms with Gasteiger partial charge < -0.3 is 5.73 Å². The fourth-order valence-electron chi connectivity index (χ4n) is 1.95. The van der Waals surface area contributed by atoms with E-state index in [0.717, 1.165) is 16.7 Å². The van der Waals surface area contributed by atoms with Crippen molar-refractivity contribution in [1.29, 1.82) is 0 Å². The summed E-state index contributed by atoms with van der Waals surface area (Å²) < 4.78 is 0. The SMILES string of the molecule is Cc1ccccc1CC(=O)C(N)c1ccccc1. The van der Waals surface area contributed by atoms with Crippen LogP contribution in [0.2, 0.25) is 0 Å². The van der Waals surface area contributed by atoms with Gasteiger partial charge in [0.1, 0.15) is 0 Å². The lowest BCUT2D eigenvalue weighted by Gasteiger charge is -2.12. The van der Waals surface area contributed by atoms with E-state index < -0.39 is 6.04 Å². The number of hydrogen-bond donors (Lipinski definition) is 1. The Labute approximate surface area is 107 Å². The van der Waals surface area contributed by atoms with Crippen molar-refractivity contribution in [3.05, 3.63) is 71.3 Å². The van der Waals surface area contributed by atoms with Crippen LogP contribution in [0.5, 0.6) is 0 Å². The van der Waals surface area contributed by atoms with Crippen LogP contribution in [-0.4, -0.2) is 5.78 Å². The zero-order valence-corrected chi connectivity index (χ0v) is 10.5. The molecule has 0 bridgehead atoms. The van der Waals surface area contributed by atoms with Crippen LogP contribution >= 0.6 is 0 Å². The minimum atomic E-state index is -0.536. The van der Waals surface area contributed by atoms with Crippen LogP contribution < -0.4 is 5.73 Å². The highest BCUT2D eigenvalue weighted by molar-refractivity contribution is 5.87. The van der Waals surface area contributed by atoms with Crippen molar-refractivity contribution in [1.82, 2.24) is 0 Å². The molecular weight excluding hydrogens is 222 g/mol. The highest BCUT2D eigenvalue weighted by Crippen LogP contribution is 2.15. The van der Waals surface area contributed by atoms with Gasteiger partial charge in [0.2, 0.25) is 0 Å². The summed E-state index contributed by atoms with van der Waals surface area (Å²) in [5, 5.41) is 0. The van der Waals surface area contributed by atoms with Crippen LogP contribution in [0, 0.1) is 6.92 Å². The van der Waals surface area contributed by atoms with Crippen LogP contribution in [0.25, 0.3) is 0 Å². The van der Waals surface area contributed by atoms with E-state index in [1.165, 1.54) is 0 Å². The maximum Gasteiger partial charge on any atom is 0.158 e.